The van der Waals surface area contributed by atoms with Crippen molar-refractivity contribution in [2.24, 2.45) is 0 Å². The van der Waals surface area contributed by atoms with Gasteiger partial charge < -0.3 is 9.97 Å². The van der Waals surface area contributed by atoms with E-state index >= 15 is 0 Å². The molecule has 120 valence electrons. The summed E-state index contributed by atoms with van der Waals surface area (Å²) in [5.41, 5.74) is 2.95. The maximum atomic E-state index is 12.4. The lowest BCUT2D eigenvalue weighted by Gasteiger charge is -2.11. The molecule has 2 aromatic heterocycles. The summed E-state index contributed by atoms with van der Waals surface area (Å²) in [5.74, 6) is 0.0473. The zero-order chi connectivity index (χ0) is 16.7. The minimum Gasteiger partial charge on any atom is -0.355 e. The fourth-order valence-corrected chi connectivity index (χ4v) is 3.04. The summed E-state index contributed by atoms with van der Waals surface area (Å²) in [6, 6.07) is 11.8. The van der Waals surface area contributed by atoms with Crippen LogP contribution in [0.2, 0.25) is 5.02 Å². The molecule has 0 spiro atoms. The largest absolute Gasteiger partial charge is 0.355 e. The average Bonchev–Trinajstić information content (AvgIpc) is 3.20. The fourth-order valence-electron chi connectivity index (χ4n) is 2.87. The Morgan fingerprint density at radius 2 is 2.04 bits per heavy atom. The van der Waals surface area contributed by atoms with Gasteiger partial charge in [0, 0.05) is 39.2 Å². The third-order valence-electron chi connectivity index (χ3n) is 4.22. The molecule has 1 unspecified atom stereocenters. The van der Waals surface area contributed by atoms with Gasteiger partial charge in [0.1, 0.15) is 0 Å². The highest BCUT2D eigenvalue weighted by atomic mass is 35.5. The van der Waals surface area contributed by atoms with Gasteiger partial charge in [-0.25, -0.2) is 4.98 Å². The van der Waals surface area contributed by atoms with Gasteiger partial charge in [0.05, 0.1) is 5.92 Å². The monoisotopic (exact) mass is 338 g/mol. The predicted molar refractivity (Wildman–Crippen MR) is 96.4 cm³/mol. The van der Waals surface area contributed by atoms with Crippen LogP contribution in [0, 0.1) is 0 Å². The molecule has 0 saturated heterocycles. The molecule has 1 atom stereocenters. The van der Waals surface area contributed by atoms with E-state index in [0.29, 0.717) is 11.0 Å². The third kappa shape index (κ3) is 2.53. The second kappa shape index (κ2) is 5.69. The van der Waals surface area contributed by atoms with E-state index in [1.165, 1.54) is 0 Å². The lowest BCUT2D eigenvalue weighted by molar-refractivity contribution is -0.117. The smallest absolute Gasteiger partial charge is 0.233 e. The number of nitrogens with one attached hydrogen (secondary N) is 3. The molecule has 0 aliphatic heterocycles. The number of amides is 1. The van der Waals surface area contributed by atoms with Gasteiger partial charge in [0.25, 0.3) is 0 Å². The van der Waals surface area contributed by atoms with Crippen LogP contribution >= 0.6 is 11.6 Å². The van der Waals surface area contributed by atoms with Crippen molar-refractivity contribution in [3.05, 3.63) is 59.4 Å². The van der Waals surface area contributed by atoms with E-state index in [1.807, 2.05) is 43.3 Å². The fraction of sp³-hybridized carbons (Fsp3) is 0.111. The minimum atomic E-state index is -0.297. The van der Waals surface area contributed by atoms with E-state index in [2.05, 4.69) is 20.3 Å². The predicted octanol–water partition coefficient (Wildman–Crippen LogP) is 4.44. The van der Waals surface area contributed by atoms with Crippen molar-refractivity contribution >= 4 is 45.3 Å². The van der Waals surface area contributed by atoms with Crippen LogP contribution in [-0.4, -0.2) is 20.9 Å². The first-order chi connectivity index (χ1) is 11.6. The first-order valence-electron chi connectivity index (χ1n) is 7.63. The number of benzene rings is 2. The third-order valence-corrected chi connectivity index (χ3v) is 4.45. The van der Waals surface area contributed by atoms with Crippen LogP contribution in [0.5, 0.6) is 0 Å². The van der Waals surface area contributed by atoms with Crippen LogP contribution in [0.15, 0.2) is 48.8 Å². The van der Waals surface area contributed by atoms with Crippen molar-refractivity contribution in [3.8, 4) is 0 Å². The Morgan fingerprint density at radius 3 is 2.83 bits per heavy atom. The van der Waals surface area contributed by atoms with Gasteiger partial charge in [-0.1, -0.05) is 23.7 Å². The number of hydrogen-bond donors (Lipinski definition) is 3. The topological polar surface area (TPSA) is 73.6 Å². The zero-order valence-corrected chi connectivity index (χ0v) is 13.7. The summed E-state index contributed by atoms with van der Waals surface area (Å²) in [6.45, 7) is 1.87. The number of fused-ring (bicyclic) bond motifs is 3. The molecular formula is C18H15ClN4O. The van der Waals surface area contributed by atoms with Gasteiger partial charge in [0.2, 0.25) is 11.9 Å². The Labute approximate surface area is 143 Å². The van der Waals surface area contributed by atoms with E-state index in [-0.39, 0.29) is 11.8 Å². The molecular weight excluding hydrogens is 324 g/mol. The van der Waals surface area contributed by atoms with Crippen molar-refractivity contribution in [2.75, 3.05) is 5.32 Å². The number of anilines is 1. The van der Waals surface area contributed by atoms with E-state index in [4.69, 9.17) is 11.6 Å². The summed E-state index contributed by atoms with van der Waals surface area (Å²) >= 11 is 6.09. The minimum absolute atomic E-state index is 0.108. The van der Waals surface area contributed by atoms with Crippen LogP contribution < -0.4 is 5.32 Å². The molecule has 0 bridgehead atoms. The van der Waals surface area contributed by atoms with Gasteiger partial charge in [-0.2, -0.15) is 0 Å². The molecule has 0 radical (unpaired) electrons. The van der Waals surface area contributed by atoms with Gasteiger partial charge in [-0.05, 0) is 36.8 Å². The standard InChI is InChI=1S/C18H15ClN4O/c1-10(17(24)23-18-20-6-7-21-18)11-2-4-13-14-9-12(19)3-5-15(14)22-16(13)8-11/h2-10,22H,1H3,(H2,20,21,23,24). The second-order valence-corrected chi connectivity index (χ2v) is 6.21. The molecule has 6 heteroatoms. The number of imidazole rings is 1. The SMILES string of the molecule is CC(C(=O)Nc1ncc[nH]1)c1ccc2c(c1)[nH]c1ccc(Cl)cc12. The lowest BCUT2D eigenvalue weighted by atomic mass is 9.99. The number of carbonyl (C=O) groups is 1. The number of aromatic amines is 2. The Bertz CT molecular complexity index is 1040. The summed E-state index contributed by atoms with van der Waals surface area (Å²) in [5, 5.41) is 5.65. The van der Waals surface area contributed by atoms with Crippen LogP contribution in [0.3, 0.4) is 0 Å². The van der Waals surface area contributed by atoms with Gasteiger partial charge in [-0.15, -0.1) is 0 Å². The zero-order valence-electron chi connectivity index (χ0n) is 12.9. The summed E-state index contributed by atoms with van der Waals surface area (Å²) in [7, 11) is 0. The summed E-state index contributed by atoms with van der Waals surface area (Å²) < 4.78 is 0. The number of nitrogens with zero attached hydrogens (tertiary/aromatic N) is 1. The average molecular weight is 339 g/mol. The highest BCUT2D eigenvalue weighted by molar-refractivity contribution is 6.31. The van der Waals surface area contributed by atoms with Crippen molar-refractivity contribution in [2.45, 2.75) is 12.8 Å². The molecule has 1 amide bonds. The van der Waals surface area contributed by atoms with E-state index in [0.717, 1.165) is 27.4 Å². The van der Waals surface area contributed by atoms with Crippen molar-refractivity contribution in [1.29, 1.82) is 0 Å². The molecule has 0 saturated carbocycles. The Morgan fingerprint density at radius 1 is 1.17 bits per heavy atom. The van der Waals surface area contributed by atoms with Crippen LogP contribution in [-0.2, 0) is 4.79 Å². The van der Waals surface area contributed by atoms with Crippen molar-refractivity contribution in [3.63, 3.8) is 0 Å². The molecule has 2 heterocycles. The van der Waals surface area contributed by atoms with Crippen LogP contribution in [0.1, 0.15) is 18.4 Å². The van der Waals surface area contributed by atoms with E-state index in [1.54, 1.807) is 12.4 Å². The maximum Gasteiger partial charge on any atom is 0.233 e. The van der Waals surface area contributed by atoms with Crippen LogP contribution in [0.25, 0.3) is 21.8 Å². The number of aromatic nitrogens is 3. The number of rotatable bonds is 3. The number of hydrogen-bond acceptors (Lipinski definition) is 2. The highest BCUT2D eigenvalue weighted by Crippen LogP contribution is 2.30. The molecule has 0 fully saturated rings. The quantitative estimate of drug-likeness (QED) is 0.516. The molecule has 4 aromatic rings. The highest BCUT2D eigenvalue weighted by Gasteiger charge is 2.17. The normalized spacial score (nSPS) is 12.6. The first-order valence-corrected chi connectivity index (χ1v) is 8.01. The molecule has 5 nitrogen and oxygen atoms in total. The lowest BCUT2D eigenvalue weighted by Crippen LogP contribution is -2.19. The van der Waals surface area contributed by atoms with E-state index < -0.39 is 0 Å². The number of halogens is 1. The first kappa shape index (κ1) is 14.8. The Kier molecular flexibility index (Phi) is 3.50. The summed E-state index contributed by atoms with van der Waals surface area (Å²) in [6.07, 6.45) is 3.27. The van der Waals surface area contributed by atoms with E-state index in [9.17, 15) is 4.79 Å². The van der Waals surface area contributed by atoms with Crippen molar-refractivity contribution in [1.82, 2.24) is 15.0 Å². The van der Waals surface area contributed by atoms with Crippen LogP contribution in [0.4, 0.5) is 5.95 Å². The molecule has 3 N–H and O–H groups in total. The van der Waals surface area contributed by atoms with Gasteiger partial charge in [-0.3, -0.25) is 10.1 Å². The maximum absolute atomic E-state index is 12.4. The molecule has 0 aliphatic rings. The van der Waals surface area contributed by atoms with Gasteiger partial charge >= 0.3 is 0 Å². The second-order valence-electron chi connectivity index (χ2n) is 5.77. The van der Waals surface area contributed by atoms with Crippen molar-refractivity contribution < 1.29 is 4.79 Å². The number of H-pyrrole nitrogens is 2. The molecule has 2 aromatic carbocycles. The Hall–Kier alpha value is -2.79. The molecule has 4 rings (SSSR count). The molecule has 24 heavy (non-hydrogen) atoms. The molecule has 0 aliphatic carbocycles. The Balaban J connectivity index is 1.69. The number of carbonyl (C=O) groups excluding carboxylic acids is 1. The van der Waals surface area contributed by atoms with Gasteiger partial charge in [0.15, 0.2) is 0 Å². The summed E-state index contributed by atoms with van der Waals surface area (Å²) in [4.78, 5) is 22.6.